The lowest BCUT2D eigenvalue weighted by Gasteiger charge is -2.34. The van der Waals surface area contributed by atoms with Crippen LogP contribution in [0.15, 0.2) is 66.9 Å². The Morgan fingerprint density at radius 1 is 1.00 bits per heavy atom. The van der Waals surface area contributed by atoms with Crippen molar-refractivity contribution in [3.63, 3.8) is 0 Å². The van der Waals surface area contributed by atoms with Crippen LogP contribution in [0.4, 0.5) is 11.4 Å². The number of piperazine rings is 1. The number of nitrogens with one attached hydrogen (secondary N) is 2. The first-order chi connectivity index (χ1) is 15.6. The molecule has 0 bridgehead atoms. The second-order valence-electron chi connectivity index (χ2n) is 8.50. The maximum absolute atomic E-state index is 13.1. The highest BCUT2D eigenvalue weighted by Crippen LogP contribution is 2.28. The molecular formula is C26H27N5O. The molecule has 0 unspecified atom stereocenters. The molecule has 0 aliphatic carbocycles. The summed E-state index contributed by atoms with van der Waals surface area (Å²) in [4.78, 5) is 17.8. The van der Waals surface area contributed by atoms with Crippen LogP contribution < -0.4 is 10.2 Å². The Kier molecular flexibility index (Phi) is 5.37. The van der Waals surface area contributed by atoms with Crippen LogP contribution in [-0.2, 0) is 0 Å². The number of aromatic nitrogens is 2. The first-order valence-corrected chi connectivity index (χ1v) is 11.0. The van der Waals surface area contributed by atoms with Crippen molar-refractivity contribution >= 4 is 28.2 Å². The minimum Gasteiger partial charge on any atom is -0.369 e. The molecule has 2 heterocycles. The van der Waals surface area contributed by atoms with E-state index in [9.17, 15) is 4.79 Å². The molecule has 0 atom stereocenters. The van der Waals surface area contributed by atoms with Crippen LogP contribution in [0.1, 0.15) is 15.9 Å². The van der Waals surface area contributed by atoms with Crippen molar-refractivity contribution in [2.45, 2.75) is 6.92 Å². The number of anilines is 2. The molecule has 162 valence electrons. The topological polar surface area (TPSA) is 64.3 Å². The Hall–Kier alpha value is -3.64. The first kappa shape index (κ1) is 20.3. The highest BCUT2D eigenvalue weighted by Gasteiger charge is 2.15. The van der Waals surface area contributed by atoms with Gasteiger partial charge in [-0.25, -0.2) is 0 Å². The number of aromatic amines is 1. The number of carbonyl (C=O) groups is 1. The molecule has 1 amide bonds. The number of nitrogens with zero attached hydrogens (tertiary/aromatic N) is 3. The molecule has 1 saturated heterocycles. The maximum Gasteiger partial charge on any atom is 0.255 e. The zero-order chi connectivity index (χ0) is 22.1. The highest BCUT2D eigenvalue weighted by atomic mass is 16.1. The number of aryl methyl sites for hydroxylation is 1. The van der Waals surface area contributed by atoms with Gasteiger partial charge in [0.25, 0.3) is 5.91 Å². The summed E-state index contributed by atoms with van der Waals surface area (Å²) in [7, 11) is 2.15. The van der Waals surface area contributed by atoms with Crippen LogP contribution in [0, 0.1) is 6.92 Å². The third kappa shape index (κ3) is 4.09. The van der Waals surface area contributed by atoms with Gasteiger partial charge >= 0.3 is 0 Å². The van der Waals surface area contributed by atoms with Gasteiger partial charge in [-0.05, 0) is 67.1 Å². The Bertz CT molecular complexity index is 1270. The van der Waals surface area contributed by atoms with Crippen LogP contribution in [0.5, 0.6) is 0 Å². The van der Waals surface area contributed by atoms with Crippen LogP contribution in [0.3, 0.4) is 0 Å². The number of benzene rings is 3. The van der Waals surface area contributed by atoms with E-state index >= 15 is 0 Å². The van der Waals surface area contributed by atoms with Crippen molar-refractivity contribution in [3.8, 4) is 11.1 Å². The molecule has 3 aromatic carbocycles. The molecule has 0 spiro atoms. The lowest BCUT2D eigenvalue weighted by molar-refractivity contribution is 0.102. The molecule has 4 aromatic rings. The lowest BCUT2D eigenvalue weighted by Crippen LogP contribution is -2.44. The van der Waals surface area contributed by atoms with E-state index in [2.05, 4.69) is 63.6 Å². The summed E-state index contributed by atoms with van der Waals surface area (Å²) in [6, 6.07) is 20.2. The van der Waals surface area contributed by atoms with E-state index in [1.807, 2.05) is 42.6 Å². The van der Waals surface area contributed by atoms with E-state index < -0.39 is 0 Å². The van der Waals surface area contributed by atoms with Gasteiger partial charge in [0, 0.05) is 48.5 Å². The zero-order valence-electron chi connectivity index (χ0n) is 18.4. The van der Waals surface area contributed by atoms with Crippen molar-refractivity contribution < 1.29 is 4.79 Å². The van der Waals surface area contributed by atoms with Crippen LogP contribution >= 0.6 is 0 Å². The Labute approximate surface area is 187 Å². The average Bonchev–Trinajstić information content (AvgIpc) is 3.28. The molecule has 1 aliphatic heterocycles. The predicted molar refractivity (Wildman–Crippen MR) is 130 cm³/mol. The number of carbonyl (C=O) groups excluding carboxylic acids is 1. The normalized spacial score (nSPS) is 14.6. The van der Waals surface area contributed by atoms with Gasteiger partial charge in [-0.15, -0.1) is 0 Å². The fourth-order valence-corrected chi connectivity index (χ4v) is 4.23. The van der Waals surface area contributed by atoms with E-state index in [1.165, 1.54) is 0 Å². The number of hydrogen-bond donors (Lipinski definition) is 2. The van der Waals surface area contributed by atoms with Crippen LogP contribution in [-0.4, -0.2) is 54.2 Å². The summed E-state index contributed by atoms with van der Waals surface area (Å²) >= 11 is 0. The SMILES string of the molecule is Cc1ccc(C(=O)Nc2cccc(N3CCN(C)CC3)c2)cc1-c1ccc2cn[nH]c2c1. The predicted octanol–water partition coefficient (Wildman–Crippen LogP) is 4.54. The molecule has 5 rings (SSSR count). The third-order valence-corrected chi connectivity index (χ3v) is 6.23. The zero-order valence-corrected chi connectivity index (χ0v) is 18.4. The largest absolute Gasteiger partial charge is 0.369 e. The van der Waals surface area contributed by atoms with Gasteiger partial charge in [0.2, 0.25) is 0 Å². The lowest BCUT2D eigenvalue weighted by atomic mass is 9.97. The van der Waals surface area contributed by atoms with Crippen molar-refractivity contribution in [2.75, 3.05) is 43.4 Å². The molecule has 2 N–H and O–H groups in total. The smallest absolute Gasteiger partial charge is 0.255 e. The average molecular weight is 426 g/mol. The number of likely N-dealkylation sites (N-methyl/N-ethyl adjacent to an activating group) is 1. The Balaban J connectivity index is 1.37. The summed E-state index contributed by atoms with van der Waals surface area (Å²) < 4.78 is 0. The molecule has 32 heavy (non-hydrogen) atoms. The molecule has 1 aromatic heterocycles. The first-order valence-electron chi connectivity index (χ1n) is 11.0. The third-order valence-electron chi connectivity index (χ3n) is 6.23. The number of hydrogen-bond acceptors (Lipinski definition) is 4. The summed E-state index contributed by atoms with van der Waals surface area (Å²) in [6.07, 6.45) is 1.81. The van der Waals surface area contributed by atoms with E-state index in [0.717, 1.165) is 65.1 Å². The van der Waals surface area contributed by atoms with E-state index in [0.29, 0.717) is 5.56 Å². The van der Waals surface area contributed by atoms with E-state index in [1.54, 1.807) is 0 Å². The number of amides is 1. The van der Waals surface area contributed by atoms with Gasteiger partial charge in [-0.3, -0.25) is 9.89 Å². The summed E-state index contributed by atoms with van der Waals surface area (Å²) in [6.45, 7) is 6.15. The van der Waals surface area contributed by atoms with Gasteiger partial charge in [-0.2, -0.15) is 5.10 Å². The summed E-state index contributed by atoms with van der Waals surface area (Å²) in [5.41, 5.74) is 6.81. The van der Waals surface area contributed by atoms with Crippen LogP contribution in [0.2, 0.25) is 0 Å². The second kappa shape index (κ2) is 8.48. The standard InChI is InChI=1S/C26H27N5O/c1-18-6-7-20(14-24(18)19-8-9-21-17-27-29-25(21)15-19)26(32)28-22-4-3-5-23(16-22)31-12-10-30(2)11-13-31/h3-9,14-17H,10-13H2,1-2H3,(H,27,29)(H,28,32). The van der Waals surface area contributed by atoms with E-state index in [4.69, 9.17) is 0 Å². The fraction of sp³-hybridized carbons (Fsp3) is 0.231. The van der Waals surface area contributed by atoms with Crippen molar-refractivity contribution in [3.05, 3.63) is 78.0 Å². The molecule has 0 saturated carbocycles. The Morgan fingerprint density at radius 3 is 2.69 bits per heavy atom. The minimum absolute atomic E-state index is 0.107. The van der Waals surface area contributed by atoms with Gasteiger partial charge < -0.3 is 15.1 Å². The van der Waals surface area contributed by atoms with Crippen LogP contribution in [0.25, 0.3) is 22.0 Å². The van der Waals surface area contributed by atoms with Crippen molar-refractivity contribution in [2.24, 2.45) is 0 Å². The number of fused-ring (bicyclic) bond motifs is 1. The molecule has 6 nitrogen and oxygen atoms in total. The molecule has 1 aliphatic rings. The summed E-state index contributed by atoms with van der Waals surface area (Å²) in [5, 5.41) is 11.3. The number of H-pyrrole nitrogens is 1. The maximum atomic E-state index is 13.1. The molecule has 1 fully saturated rings. The van der Waals surface area contributed by atoms with Gasteiger partial charge in [-0.1, -0.05) is 24.3 Å². The van der Waals surface area contributed by atoms with E-state index in [-0.39, 0.29) is 5.91 Å². The Morgan fingerprint density at radius 2 is 1.84 bits per heavy atom. The van der Waals surface area contributed by atoms with Gasteiger partial charge in [0.05, 0.1) is 11.7 Å². The quantitative estimate of drug-likeness (QED) is 0.504. The van der Waals surface area contributed by atoms with Crippen molar-refractivity contribution in [1.82, 2.24) is 15.1 Å². The fourth-order valence-electron chi connectivity index (χ4n) is 4.23. The highest BCUT2D eigenvalue weighted by molar-refractivity contribution is 6.05. The van der Waals surface area contributed by atoms with Gasteiger partial charge in [0.1, 0.15) is 0 Å². The van der Waals surface area contributed by atoms with Gasteiger partial charge in [0.15, 0.2) is 0 Å². The molecular weight excluding hydrogens is 398 g/mol. The second-order valence-corrected chi connectivity index (χ2v) is 8.50. The molecule has 0 radical (unpaired) electrons. The minimum atomic E-state index is -0.107. The molecule has 6 heteroatoms. The van der Waals surface area contributed by atoms with Crippen molar-refractivity contribution in [1.29, 1.82) is 0 Å². The number of rotatable bonds is 4. The monoisotopic (exact) mass is 425 g/mol. The summed E-state index contributed by atoms with van der Waals surface area (Å²) in [5.74, 6) is -0.107.